The lowest BCUT2D eigenvalue weighted by molar-refractivity contribution is 0.654. The first-order valence-corrected chi connectivity index (χ1v) is 6.59. The molecule has 0 fully saturated rings. The summed E-state index contributed by atoms with van der Waals surface area (Å²) in [5.74, 6) is 0. The van der Waals surface area contributed by atoms with Crippen LogP contribution in [0.2, 0.25) is 5.15 Å². The molecule has 3 nitrogen and oxygen atoms in total. The van der Waals surface area contributed by atoms with Crippen LogP contribution in [0.15, 0.2) is 30.6 Å². The van der Waals surface area contributed by atoms with E-state index in [4.69, 9.17) is 11.6 Å². The van der Waals surface area contributed by atoms with Crippen LogP contribution in [0.4, 0.5) is 5.69 Å². The van der Waals surface area contributed by atoms with Crippen molar-refractivity contribution in [3.8, 4) is 0 Å². The van der Waals surface area contributed by atoms with Gasteiger partial charge in [-0.15, -0.1) is 0 Å². The molecule has 0 aliphatic heterocycles. The molecule has 2 heterocycles. The maximum atomic E-state index is 6.09. The van der Waals surface area contributed by atoms with Gasteiger partial charge in [0.25, 0.3) is 0 Å². The first kappa shape index (κ1) is 13.0. The minimum Gasteiger partial charge on any atom is -0.377 e. The first-order chi connectivity index (χ1) is 8.72. The van der Waals surface area contributed by atoms with Gasteiger partial charge in [0.05, 0.1) is 12.2 Å². The zero-order valence-electron chi connectivity index (χ0n) is 10.8. The third-order valence-electron chi connectivity index (χ3n) is 2.95. The molecule has 0 spiro atoms. The molecule has 0 aromatic carbocycles. The fourth-order valence-corrected chi connectivity index (χ4v) is 2.26. The zero-order chi connectivity index (χ0) is 13.0. The maximum absolute atomic E-state index is 6.09. The lowest BCUT2D eigenvalue weighted by atomic mass is 10.2. The molecule has 0 radical (unpaired) electrons. The van der Waals surface area contributed by atoms with Gasteiger partial charge >= 0.3 is 0 Å². The van der Waals surface area contributed by atoms with Crippen LogP contribution in [0, 0.1) is 6.92 Å². The van der Waals surface area contributed by atoms with Crippen LogP contribution >= 0.6 is 11.6 Å². The van der Waals surface area contributed by atoms with Gasteiger partial charge in [-0.25, -0.2) is 4.98 Å². The van der Waals surface area contributed by atoms with Crippen LogP contribution in [-0.2, 0) is 13.1 Å². The van der Waals surface area contributed by atoms with Gasteiger partial charge in [0.2, 0.25) is 0 Å². The topological polar surface area (TPSA) is 29.9 Å². The Morgan fingerprint density at radius 3 is 2.94 bits per heavy atom. The van der Waals surface area contributed by atoms with Crippen molar-refractivity contribution in [2.45, 2.75) is 33.4 Å². The van der Waals surface area contributed by atoms with Crippen molar-refractivity contribution in [1.29, 1.82) is 0 Å². The predicted octanol–water partition coefficient (Wildman–Crippen LogP) is 3.87. The maximum Gasteiger partial charge on any atom is 0.152 e. The Hall–Kier alpha value is -1.48. The smallest absolute Gasteiger partial charge is 0.152 e. The van der Waals surface area contributed by atoms with Gasteiger partial charge in [0, 0.05) is 24.6 Å². The highest BCUT2D eigenvalue weighted by molar-refractivity contribution is 6.32. The fraction of sp³-hybridized carbons (Fsp3) is 0.357. The molecule has 4 heteroatoms. The Labute approximate surface area is 113 Å². The number of nitrogens with one attached hydrogen (secondary N) is 1. The normalized spacial score (nSPS) is 10.6. The first-order valence-electron chi connectivity index (χ1n) is 6.21. The number of hydrogen-bond donors (Lipinski definition) is 1. The Morgan fingerprint density at radius 1 is 1.39 bits per heavy atom. The summed E-state index contributed by atoms with van der Waals surface area (Å²) in [5, 5.41) is 3.90. The van der Waals surface area contributed by atoms with Crippen LogP contribution in [0.25, 0.3) is 0 Å². The van der Waals surface area contributed by atoms with E-state index in [0.29, 0.717) is 5.15 Å². The standard InChI is InChI=1S/C14H18ClN3/c1-3-8-18-9-4-5-12(18)10-17-13-11(2)6-7-16-14(13)15/h4-7,9,17H,3,8,10H2,1-2H3. The molecule has 2 aromatic rings. The monoisotopic (exact) mass is 263 g/mol. The summed E-state index contributed by atoms with van der Waals surface area (Å²) in [6.07, 6.45) is 4.97. The lowest BCUT2D eigenvalue weighted by Gasteiger charge is -2.12. The minimum absolute atomic E-state index is 0.531. The molecule has 0 saturated carbocycles. The highest BCUT2D eigenvalue weighted by Gasteiger charge is 2.06. The number of nitrogens with zero attached hydrogens (tertiary/aromatic N) is 2. The quantitative estimate of drug-likeness (QED) is 0.830. The van der Waals surface area contributed by atoms with Gasteiger partial charge in [-0.05, 0) is 37.1 Å². The van der Waals surface area contributed by atoms with Crippen molar-refractivity contribution in [3.05, 3.63) is 47.0 Å². The molecule has 0 bridgehead atoms. The van der Waals surface area contributed by atoms with Gasteiger partial charge in [-0.1, -0.05) is 18.5 Å². The Morgan fingerprint density at radius 2 is 2.22 bits per heavy atom. The molecule has 0 amide bonds. The molecule has 0 aliphatic rings. The number of aryl methyl sites for hydroxylation is 2. The summed E-state index contributed by atoms with van der Waals surface area (Å²) in [6.45, 7) is 6.02. The van der Waals surface area contributed by atoms with Crippen LogP contribution in [0.5, 0.6) is 0 Å². The van der Waals surface area contributed by atoms with Gasteiger partial charge in [0.15, 0.2) is 5.15 Å². The largest absolute Gasteiger partial charge is 0.377 e. The summed E-state index contributed by atoms with van der Waals surface area (Å²) >= 11 is 6.09. The molecule has 2 rings (SSSR count). The van der Waals surface area contributed by atoms with E-state index in [1.807, 2.05) is 13.0 Å². The van der Waals surface area contributed by atoms with E-state index in [9.17, 15) is 0 Å². The van der Waals surface area contributed by atoms with Gasteiger partial charge < -0.3 is 9.88 Å². The Bertz CT molecular complexity index is 499. The van der Waals surface area contributed by atoms with Crippen molar-refractivity contribution < 1.29 is 0 Å². The van der Waals surface area contributed by atoms with E-state index in [1.54, 1.807) is 6.20 Å². The Balaban J connectivity index is 2.09. The molecular formula is C14H18ClN3. The summed E-state index contributed by atoms with van der Waals surface area (Å²) in [4.78, 5) is 4.09. The van der Waals surface area contributed by atoms with E-state index >= 15 is 0 Å². The van der Waals surface area contributed by atoms with Crippen molar-refractivity contribution in [2.24, 2.45) is 0 Å². The molecule has 96 valence electrons. The van der Waals surface area contributed by atoms with E-state index in [2.05, 4.69) is 40.1 Å². The van der Waals surface area contributed by atoms with E-state index < -0.39 is 0 Å². The number of anilines is 1. The van der Waals surface area contributed by atoms with Crippen molar-refractivity contribution in [1.82, 2.24) is 9.55 Å². The molecule has 0 unspecified atom stereocenters. The molecule has 0 saturated heterocycles. The molecule has 18 heavy (non-hydrogen) atoms. The summed E-state index contributed by atoms with van der Waals surface area (Å²) in [6, 6.07) is 6.16. The second kappa shape index (κ2) is 5.91. The van der Waals surface area contributed by atoms with Gasteiger partial charge in [0.1, 0.15) is 0 Å². The lowest BCUT2D eigenvalue weighted by Crippen LogP contribution is -2.08. The molecule has 0 aliphatic carbocycles. The second-order valence-electron chi connectivity index (χ2n) is 4.34. The zero-order valence-corrected chi connectivity index (χ0v) is 11.5. The van der Waals surface area contributed by atoms with Gasteiger partial charge in [-0.3, -0.25) is 0 Å². The van der Waals surface area contributed by atoms with Crippen LogP contribution in [0.3, 0.4) is 0 Å². The highest BCUT2D eigenvalue weighted by atomic mass is 35.5. The number of rotatable bonds is 5. The van der Waals surface area contributed by atoms with Crippen LogP contribution < -0.4 is 5.32 Å². The number of halogens is 1. The molecular weight excluding hydrogens is 246 g/mol. The molecule has 0 atom stereocenters. The number of aromatic nitrogens is 2. The predicted molar refractivity (Wildman–Crippen MR) is 76.0 cm³/mol. The number of pyridine rings is 1. The van der Waals surface area contributed by atoms with E-state index in [1.165, 1.54) is 5.69 Å². The summed E-state index contributed by atoms with van der Waals surface area (Å²) in [5.41, 5.74) is 3.29. The summed E-state index contributed by atoms with van der Waals surface area (Å²) < 4.78 is 2.26. The third-order valence-corrected chi connectivity index (χ3v) is 3.23. The summed E-state index contributed by atoms with van der Waals surface area (Å²) in [7, 11) is 0. The molecule has 2 aromatic heterocycles. The second-order valence-corrected chi connectivity index (χ2v) is 4.70. The van der Waals surface area contributed by atoms with Crippen molar-refractivity contribution in [2.75, 3.05) is 5.32 Å². The number of hydrogen-bond acceptors (Lipinski definition) is 2. The van der Waals surface area contributed by atoms with Crippen molar-refractivity contribution in [3.63, 3.8) is 0 Å². The average Bonchev–Trinajstić information content (AvgIpc) is 2.77. The Kier molecular flexibility index (Phi) is 4.26. The molecule has 1 N–H and O–H groups in total. The average molecular weight is 264 g/mol. The highest BCUT2D eigenvalue weighted by Crippen LogP contribution is 2.23. The van der Waals surface area contributed by atoms with Crippen LogP contribution in [0.1, 0.15) is 24.6 Å². The SMILES string of the molecule is CCCn1cccc1CNc1c(C)ccnc1Cl. The van der Waals surface area contributed by atoms with E-state index in [-0.39, 0.29) is 0 Å². The minimum atomic E-state index is 0.531. The van der Waals surface area contributed by atoms with Crippen molar-refractivity contribution >= 4 is 17.3 Å². The van der Waals surface area contributed by atoms with Crippen LogP contribution in [-0.4, -0.2) is 9.55 Å². The fourth-order valence-electron chi connectivity index (χ4n) is 1.99. The van der Waals surface area contributed by atoms with Gasteiger partial charge in [-0.2, -0.15) is 0 Å². The van der Waals surface area contributed by atoms with E-state index in [0.717, 1.165) is 30.8 Å². The third kappa shape index (κ3) is 2.85.